The molecule has 1 aromatic rings. The van der Waals surface area contributed by atoms with Crippen LogP contribution in [0, 0.1) is 15.9 Å². The summed E-state index contributed by atoms with van der Waals surface area (Å²) in [5, 5.41) is 13.3. The maximum Gasteiger partial charge on any atom is 0.332 e. The molecule has 0 heterocycles. The number of allylic oxidation sites excluding steroid dienone is 1. The van der Waals surface area contributed by atoms with Crippen LogP contribution in [0.25, 0.3) is 0 Å². The molecule has 102 valence electrons. The fourth-order valence-corrected chi connectivity index (χ4v) is 1.35. The summed E-state index contributed by atoms with van der Waals surface area (Å²) in [6.07, 6.45) is 1.21. The highest BCUT2D eigenvalue weighted by Crippen LogP contribution is 2.22. The number of hydrogen-bond acceptors (Lipinski definition) is 5. The third kappa shape index (κ3) is 4.38. The van der Waals surface area contributed by atoms with Gasteiger partial charge in [0, 0.05) is 23.5 Å². The number of nitrogens with one attached hydrogen (secondary N) is 1. The Morgan fingerprint density at radius 3 is 2.84 bits per heavy atom. The zero-order valence-corrected chi connectivity index (χ0v) is 10.5. The number of ether oxygens (including phenoxy) is 1. The van der Waals surface area contributed by atoms with Gasteiger partial charge >= 0.3 is 11.7 Å². The zero-order valence-electron chi connectivity index (χ0n) is 10.5. The molecule has 0 radical (unpaired) electrons. The first-order valence-electron chi connectivity index (χ1n) is 5.50. The van der Waals surface area contributed by atoms with Gasteiger partial charge in [0.2, 0.25) is 5.82 Å². The summed E-state index contributed by atoms with van der Waals surface area (Å²) in [6.45, 7) is 3.52. The molecule has 0 amide bonds. The number of nitro benzene ring substituents is 1. The van der Waals surface area contributed by atoms with E-state index in [2.05, 4.69) is 5.32 Å². The van der Waals surface area contributed by atoms with Crippen LogP contribution in [0.15, 0.2) is 30.0 Å². The summed E-state index contributed by atoms with van der Waals surface area (Å²) >= 11 is 0. The van der Waals surface area contributed by atoms with Crippen molar-refractivity contribution in [3.8, 4) is 0 Å². The molecule has 1 aromatic carbocycles. The number of nitro groups is 1. The Bertz CT molecular complexity index is 528. The zero-order chi connectivity index (χ0) is 14.4. The van der Waals surface area contributed by atoms with Crippen LogP contribution in [0.1, 0.15) is 13.8 Å². The number of halogens is 1. The van der Waals surface area contributed by atoms with E-state index in [1.165, 1.54) is 12.1 Å². The minimum absolute atomic E-state index is 0.255. The van der Waals surface area contributed by atoms with Gasteiger partial charge in [-0.15, -0.1) is 0 Å². The van der Waals surface area contributed by atoms with Gasteiger partial charge in [0.1, 0.15) is 0 Å². The minimum atomic E-state index is -0.914. The molecule has 0 bridgehead atoms. The number of esters is 1. The summed E-state index contributed by atoms with van der Waals surface area (Å²) in [5.41, 5.74) is 0.111. The Morgan fingerprint density at radius 2 is 2.26 bits per heavy atom. The van der Waals surface area contributed by atoms with Crippen molar-refractivity contribution in [2.45, 2.75) is 13.8 Å². The lowest BCUT2D eigenvalue weighted by Gasteiger charge is -2.06. The second-order valence-corrected chi connectivity index (χ2v) is 3.63. The van der Waals surface area contributed by atoms with Gasteiger partial charge in [0.15, 0.2) is 0 Å². The van der Waals surface area contributed by atoms with Crippen LogP contribution in [0.3, 0.4) is 0 Å². The summed E-state index contributed by atoms with van der Waals surface area (Å²) in [7, 11) is 0. The van der Waals surface area contributed by atoms with Crippen LogP contribution in [0.5, 0.6) is 0 Å². The van der Waals surface area contributed by atoms with E-state index in [9.17, 15) is 19.3 Å². The lowest BCUT2D eigenvalue weighted by molar-refractivity contribution is -0.387. The smallest absolute Gasteiger partial charge is 0.332 e. The number of carbonyl (C=O) groups excluding carboxylic acids is 1. The topological polar surface area (TPSA) is 81.5 Å². The van der Waals surface area contributed by atoms with Gasteiger partial charge in [-0.3, -0.25) is 10.1 Å². The molecule has 0 aliphatic rings. The first kappa shape index (κ1) is 14.6. The van der Waals surface area contributed by atoms with Gasteiger partial charge in [0.05, 0.1) is 11.5 Å². The molecule has 0 saturated carbocycles. The number of hydrogen-bond donors (Lipinski definition) is 1. The van der Waals surface area contributed by atoms with E-state index in [0.29, 0.717) is 11.4 Å². The first-order chi connectivity index (χ1) is 8.93. The van der Waals surface area contributed by atoms with E-state index < -0.39 is 22.4 Å². The second-order valence-electron chi connectivity index (χ2n) is 3.63. The van der Waals surface area contributed by atoms with Crippen molar-refractivity contribution in [3.05, 3.63) is 45.9 Å². The van der Waals surface area contributed by atoms with Crippen molar-refractivity contribution in [1.82, 2.24) is 0 Å². The predicted octanol–water partition coefficient (Wildman–Crippen LogP) is 2.61. The van der Waals surface area contributed by atoms with Crippen molar-refractivity contribution in [2.24, 2.45) is 0 Å². The number of rotatable bonds is 5. The molecular weight excluding hydrogens is 255 g/mol. The van der Waals surface area contributed by atoms with E-state index in [-0.39, 0.29) is 6.61 Å². The van der Waals surface area contributed by atoms with Gasteiger partial charge in [-0.05, 0) is 26.0 Å². The van der Waals surface area contributed by atoms with Crippen molar-refractivity contribution >= 4 is 17.3 Å². The SMILES string of the molecule is CCOC(=O)/C=C(/C)Nc1ccc(F)c([N+](=O)[O-])c1. The van der Waals surface area contributed by atoms with Crippen LogP contribution < -0.4 is 5.32 Å². The van der Waals surface area contributed by atoms with Gasteiger partial charge < -0.3 is 10.1 Å². The van der Waals surface area contributed by atoms with Crippen LogP contribution in [0.2, 0.25) is 0 Å². The average Bonchev–Trinajstić information content (AvgIpc) is 2.31. The molecule has 7 heteroatoms. The summed E-state index contributed by atoms with van der Waals surface area (Å²) in [5.74, 6) is -1.44. The maximum atomic E-state index is 13.1. The van der Waals surface area contributed by atoms with Gasteiger partial charge in [-0.25, -0.2) is 4.79 Å². The Labute approximate surface area is 109 Å². The second kappa shape index (κ2) is 6.48. The molecule has 0 fully saturated rings. The van der Waals surface area contributed by atoms with Crippen LogP contribution in [-0.4, -0.2) is 17.5 Å². The highest BCUT2D eigenvalue weighted by Gasteiger charge is 2.14. The van der Waals surface area contributed by atoms with E-state index in [1.807, 2.05) is 0 Å². The lowest BCUT2D eigenvalue weighted by atomic mass is 10.2. The third-order valence-electron chi connectivity index (χ3n) is 2.11. The molecule has 1 rings (SSSR count). The highest BCUT2D eigenvalue weighted by molar-refractivity contribution is 5.83. The van der Waals surface area contributed by atoms with Crippen LogP contribution in [-0.2, 0) is 9.53 Å². The van der Waals surface area contributed by atoms with E-state index in [4.69, 9.17) is 4.74 Å². The Kier molecular flexibility index (Phi) is 4.99. The van der Waals surface area contributed by atoms with E-state index in [0.717, 1.165) is 12.1 Å². The fraction of sp³-hybridized carbons (Fsp3) is 0.250. The van der Waals surface area contributed by atoms with E-state index >= 15 is 0 Å². The molecule has 0 aliphatic carbocycles. The lowest BCUT2D eigenvalue weighted by Crippen LogP contribution is -2.04. The summed E-state index contributed by atoms with van der Waals surface area (Å²) < 4.78 is 17.8. The molecule has 0 aromatic heterocycles. The maximum absolute atomic E-state index is 13.1. The highest BCUT2D eigenvalue weighted by atomic mass is 19.1. The number of anilines is 1. The Balaban J connectivity index is 2.85. The molecule has 0 spiro atoms. The van der Waals surface area contributed by atoms with Gasteiger partial charge in [-0.1, -0.05) is 0 Å². The summed E-state index contributed by atoms with van der Waals surface area (Å²) in [6, 6.07) is 3.38. The molecule has 0 aliphatic heterocycles. The minimum Gasteiger partial charge on any atom is -0.463 e. The van der Waals surface area contributed by atoms with Crippen LogP contribution >= 0.6 is 0 Å². The van der Waals surface area contributed by atoms with Crippen molar-refractivity contribution in [2.75, 3.05) is 11.9 Å². The molecule has 19 heavy (non-hydrogen) atoms. The fourth-order valence-electron chi connectivity index (χ4n) is 1.35. The molecule has 0 saturated heterocycles. The predicted molar refractivity (Wildman–Crippen MR) is 67.1 cm³/mol. The standard InChI is InChI=1S/C12H13FN2O4/c1-3-19-12(16)6-8(2)14-9-4-5-10(13)11(7-9)15(17)18/h4-7,14H,3H2,1-2H3/b8-6-. The van der Waals surface area contributed by atoms with Crippen LogP contribution in [0.4, 0.5) is 15.8 Å². The quantitative estimate of drug-likeness (QED) is 0.384. The summed E-state index contributed by atoms with van der Waals surface area (Å²) in [4.78, 5) is 20.9. The van der Waals surface area contributed by atoms with Crippen molar-refractivity contribution in [1.29, 1.82) is 0 Å². The third-order valence-corrected chi connectivity index (χ3v) is 2.11. The monoisotopic (exact) mass is 268 g/mol. The van der Waals surface area contributed by atoms with E-state index in [1.54, 1.807) is 13.8 Å². The molecule has 1 N–H and O–H groups in total. The first-order valence-corrected chi connectivity index (χ1v) is 5.50. The number of carbonyl (C=O) groups is 1. The number of nitrogens with zero attached hydrogens (tertiary/aromatic N) is 1. The largest absolute Gasteiger partial charge is 0.463 e. The normalized spacial score (nSPS) is 11.0. The molecule has 6 nitrogen and oxygen atoms in total. The Morgan fingerprint density at radius 1 is 1.58 bits per heavy atom. The molecule has 0 unspecified atom stereocenters. The van der Waals surface area contributed by atoms with Crippen molar-refractivity contribution in [3.63, 3.8) is 0 Å². The average molecular weight is 268 g/mol. The Hall–Kier alpha value is -2.44. The molecular formula is C12H13FN2O4. The van der Waals surface area contributed by atoms with Gasteiger partial charge in [-0.2, -0.15) is 4.39 Å². The van der Waals surface area contributed by atoms with Crippen molar-refractivity contribution < 1.29 is 18.8 Å². The number of benzene rings is 1. The van der Waals surface area contributed by atoms with Gasteiger partial charge in [0.25, 0.3) is 0 Å². The molecule has 0 atom stereocenters.